The van der Waals surface area contributed by atoms with Gasteiger partial charge < -0.3 is 10.4 Å². The lowest BCUT2D eigenvalue weighted by molar-refractivity contribution is 0.475. The molecule has 0 radical (unpaired) electrons. The van der Waals surface area contributed by atoms with Gasteiger partial charge in [-0.2, -0.15) is 0 Å². The van der Waals surface area contributed by atoms with Crippen molar-refractivity contribution in [2.24, 2.45) is 0 Å². The second-order valence-electron chi connectivity index (χ2n) is 4.40. The van der Waals surface area contributed by atoms with Crippen LogP contribution in [0.1, 0.15) is 26.3 Å². The van der Waals surface area contributed by atoms with Crippen LogP contribution in [0, 0.1) is 0 Å². The molecule has 0 aliphatic carbocycles. The van der Waals surface area contributed by atoms with E-state index in [0.29, 0.717) is 5.75 Å². The smallest absolute Gasteiger partial charge is 0.116 e. The molecule has 2 heteroatoms. The molecule has 0 saturated heterocycles. The molecule has 2 nitrogen and oxygen atoms in total. The minimum atomic E-state index is -0.00590. The molecule has 1 aliphatic heterocycles. The molecular formula is C12H15NO. The van der Waals surface area contributed by atoms with Crippen molar-refractivity contribution in [2.75, 3.05) is 5.32 Å². The first-order valence-corrected chi connectivity index (χ1v) is 4.79. The lowest BCUT2D eigenvalue weighted by Crippen LogP contribution is -2.31. The van der Waals surface area contributed by atoms with Crippen LogP contribution in [0.3, 0.4) is 0 Å². The number of fused-ring (bicyclic) bond motifs is 1. The van der Waals surface area contributed by atoms with E-state index in [1.807, 2.05) is 6.07 Å². The number of nitrogens with one attached hydrogen (secondary N) is 1. The zero-order chi connectivity index (χ0) is 10.3. The Morgan fingerprint density at radius 1 is 1.29 bits per heavy atom. The van der Waals surface area contributed by atoms with Gasteiger partial charge in [0.25, 0.3) is 0 Å². The molecule has 14 heavy (non-hydrogen) atoms. The van der Waals surface area contributed by atoms with Gasteiger partial charge in [0.05, 0.1) is 5.54 Å². The Morgan fingerprint density at radius 3 is 2.71 bits per heavy atom. The number of hydrogen-bond acceptors (Lipinski definition) is 2. The second kappa shape index (κ2) is 2.77. The minimum Gasteiger partial charge on any atom is -0.508 e. The molecular weight excluding hydrogens is 174 g/mol. The molecule has 2 N–H and O–H groups in total. The van der Waals surface area contributed by atoms with Crippen molar-refractivity contribution in [2.45, 2.75) is 26.3 Å². The molecule has 1 aromatic carbocycles. The summed E-state index contributed by atoms with van der Waals surface area (Å²) in [5, 5.41) is 12.8. The van der Waals surface area contributed by atoms with Crippen molar-refractivity contribution in [1.82, 2.24) is 0 Å². The first-order chi connectivity index (χ1) is 6.48. The fourth-order valence-electron chi connectivity index (χ4n) is 1.97. The SMILES string of the molecule is CC1=CC(C)(C)Nc2ccc(O)cc21. The maximum absolute atomic E-state index is 9.38. The molecule has 1 aliphatic rings. The van der Waals surface area contributed by atoms with E-state index < -0.39 is 0 Å². The lowest BCUT2D eigenvalue weighted by atomic mass is 9.91. The summed E-state index contributed by atoms with van der Waals surface area (Å²) >= 11 is 0. The fourth-order valence-corrected chi connectivity index (χ4v) is 1.97. The van der Waals surface area contributed by atoms with E-state index in [1.165, 1.54) is 5.57 Å². The van der Waals surface area contributed by atoms with Crippen LogP contribution in [0.15, 0.2) is 24.3 Å². The first-order valence-electron chi connectivity index (χ1n) is 4.79. The molecule has 0 fully saturated rings. The third-order valence-corrected chi connectivity index (χ3v) is 2.46. The van der Waals surface area contributed by atoms with Crippen LogP contribution in [0.25, 0.3) is 5.57 Å². The topological polar surface area (TPSA) is 32.3 Å². The summed E-state index contributed by atoms with van der Waals surface area (Å²) in [6, 6.07) is 5.42. The van der Waals surface area contributed by atoms with Gasteiger partial charge in [0.15, 0.2) is 0 Å². The van der Waals surface area contributed by atoms with Gasteiger partial charge in [0.2, 0.25) is 0 Å². The van der Waals surface area contributed by atoms with Gasteiger partial charge >= 0.3 is 0 Å². The molecule has 74 valence electrons. The van der Waals surface area contributed by atoms with E-state index in [4.69, 9.17) is 0 Å². The molecule has 0 bridgehead atoms. The number of anilines is 1. The second-order valence-corrected chi connectivity index (χ2v) is 4.40. The molecule has 0 spiro atoms. The largest absolute Gasteiger partial charge is 0.508 e. The number of phenols is 1. The van der Waals surface area contributed by atoms with Gasteiger partial charge in [0, 0.05) is 11.3 Å². The van der Waals surface area contributed by atoms with Crippen molar-refractivity contribution >= 4 is 11.3 Å². The fraction of sp³-hybridized carbons (Fsp3) is 0.333. The zero-order valence-corrected chi connectivity index (χ0v) is 8.76. The first kappa shape index (κ1) is 9.13. The Kier molecular flexibility index (Phi) is 1.81. The summed E-state index contributed by atoms with van der Waals surface area (Å²) < 4.78 is 0. The Bertz CT molecular complexity index is 405. The summed E-state index contributed by atoms with van der Waals surface area (Å²) in [6.07, 6.45) is 2.18. The highest BCUT2D eigenvalue weighted by Crippen LogP contribution is 2.35. The highest BCUT2D eigenvalue weighted by atomic mass is 16.3. The quantitative estimate of drug-likeness (QED) is 0.615. The van der Waals surface area contributed by atoms with Crippen LogP contribution in [0.2, 0.25) is 0 Å². The number of benzene rings is 1. The van der Waals surface area contributed by atoms with E-state index >= 15 is 0 Å². The van der Waals surface area contributed by atoms with Gasteiger partial charge in [-0.15, -0.1) is 0 Å². The van der Waals surface area contributed by atoms with Crippen LogP contribution in [0.4, 0.5) is 5.69 Å². The molecule has 0 unspecified atom stereocenters. The van der Waals surface area contributed by atoms with Gasteiger partial charge in [-0.3, -0.25) is 0 Å². The summed E-state index contributed by atoms with van der Waals surface area (Å²) in [6.45, 7) is 6.33. The van der Waals surface area contributed by atoms with Crippen molar-refractivity contribution < 1.29 is 5.11 Å². The Labute approximate surface area is 84.3 Å². The maximum Gasteiger partial charge on any atom is 0.116 e. The molecule has 0 atom stereocenters. The van der Waals surface area contributed by atoms with Crippen molar-refractivity contribution in [3.8, 4) is 5.75 Å². The Hall–Kier alpha value is -1.44. The zero-order valence-electron chi connectivity index (χ0n) is 8.76. The molecule has 0 saturated carbocycles. The Balaban J connectivity index is 2.56. The minimum absolute atomic E-state index is 0.00590. The highest BCUT2D eigenvalue weighted by molar-refractivity contribution is 5.80. The average molecular weight is 189 g/mol. The maximum atomic E-state index is 9.38. The monoisotopic (exact) mass is 189 g/mol. The number of hydrogen-bond donors (Lipinski definition) is 2. The Morgan fingerprint density at radius 2 is 2.00 bits per heavy atom. The number of allylic oxidation sites excluding steroid dienone is 1. The van der Waals surface area contributed by atoms with Crippen molar-refractivity contribution in [3.63, 3.8) is 0 Å². The standard InChI is InChI=1S/C12H15NO/c1-8-7-12(2,3)13-11-5-4-9(14)6-10(8)11/h4-7,13-14H,1-3H3. The number of phenolic OH excluding ortho intramolecular Hbond substituents is 1. The summed E-state index contributed by atoms with van der Waals surface area (Å²) in [5.41, 5.74) is 3.38. The number of rotatable bonds is 0. The van der Waals surface area contributed by atoms with E-state index in [0.717, 1.165) is 11.3 Å². The predicted octanol–water partition coefficient (Wildman–Crippen LogP) is 3.00. The van der Waals surface area contributed by atoms with Crippen LogP contribution in [-0.2, 0) is 0 Å². The molecule has 1 aromatic rings. The third kappa shape index (κ3) is 1.48. The van der Waals surface area contributed by atoms with Crippen LogP contribution in [-0.4, -0.2) is 10.6 Å². The normalized spacial score (nSPS) is 18.1. The van der Waals surface area contributed by atoms with E-state index in [1.54, 1.807) is 12.1 Å². The van der Waals surface area contributed by atoms with Crippen LogP contribution < -0.4 is 5.32 Å². The van der Waals surface area contributed by atoms with Gasteiger partial charge in [-0.25, -0.2) is 0 Å². The summed E-state index contributed by atoms with van der Waals surface area (Å²) in [7, 11) is 0. The van der Waals surface area contributed by atoms with Gasteiger partial charge in [-0.1, -0.05) is 6.08 Å². The predicted molar refractivity (Wildman–Crippen MR) is 59.5 cm³/mol. The molecule has 0 amide bonds. The van der Waals surface area contributed by atoms with Gasteiger partial charge in [0.1, 0.15) is 5.75 Å². The van der Waals surface area contributed by atoms with Gasteiger partial charge in [-0.05, 0) is 44.5 Å². The lowest BCUT2D eigenvalue weighted by Gasteiger charge is -2.31. The molecule has 1 heterocycles. The van der Waals surface area contributed by atoms with Crippen molar-refractivity contribution in [1.29, 1.82) is 0 Å². The summed E-state index contributed by atoms with van der Waals surface area (Å²) in [5.74, 6) is 0.318. The third-order valence-electron chi connectivity index (χ3n) is 2.46. The molecule has 2 rings (SSSR count). The summed E-state index contributed by atoms with van der Waals surface area (Å²) in [4.78, 5) is 0. The van der Waals surface area contributed by atoms with E-state index in [9.17, 15) is 5.11 Å². The van der Waals surface area contributed by atoms with Crippen LogP contribution in [0.5, 0.6) is 5.75 Å². The highest BCUT2D eigenvalue weighted by Gasteiger charge is 2.22. The van der Waals surface area contributed by atoms with E-state index in [2.05, 4.69) is 32.2 Å². The van der Waals surface area contributed by atoms with Crippen LogP contribution >= 0.6 is 0 Å². The number of aromatic hydroxyl groups is 1. The molecule has 0 aromatic heterocycles. The van der Waals surface area contributed by atoms with E-state index in [-0.39, 0.29) is 5.54 Å². The average Bonchev–Trinajstić information content (AvgIpc) is 2.05. The van der Waals surface area contributed by atoms with Crippen molar-refractivity contribution in [3.05, 3.63) is 29.8 Å².